The number of aromatic nitrogens is 1. The van der Waals surface area contributed by atoms with E-state index < -0.39 is 16.8 Å². The highest BCUT2D eigenvalue weighted by Gasteiger charge is 2.40. The second kappa shape index (κ2) is 7.48. The molecule has 0 saturated carbocycles. The van der Waals surface area contributed by atoms with Gasteiger partial charge in [-0.2, -0.15) is 11.8 Å². The van der Waals surface area contributed by atoms with Crippen molar-refractivity contribution in [2.24, 2.45) is 0 Å². The summed E-state index contributed by atoms with van der Waals surface area (Å²) in [4.78, 5) is 10.3. The fourth-order valence-corrected chi connectivity index (χ4v) is 4.08. The Labute approximate surface area is 162 Å². The van der Waals surface area contributed by atoms with Gasteiger partial charge in [-0.1, -0.05) is 30.3 Å². The van der Waals surface area contributed by atoms with E-state index in [2.05, 4.69) is 0 Å². The molecule has 1 N–H and O–H groups in total. The number of aliphatic hydroxyl groups is 1. The van der Waals surface area contributed by atoms with Crippen molar-refractivity contribution in [1.29, 1.82) is 0 Å². The molecule has 0 aliphatic heterocycles. The minimum atomic E-state index is -4.78. The molecule has 0 aliphatic rings. The molecule has 1 aromatic heterocycles. The van der Waals surface area contributed by atoms with Crippen molar-refractivity contribution >= 4 is 28.4 Å². The Hall–Kier alpha value is -2.52. The first kappa shape index (κ1) is 20.2. The number of hydrogen-bond donors (Lipinski definition) is 1. The minimum Gasteiger partial charge on any atom is -0.383 e. The first-order valence-corrected chi connectivity index (χ1v) is 9.47. The summed E-state index contributed by atoms with van der Waals surface area (Å²) in [6.07, 6.45) is -4.78. The number of nitro benzene ring substituents is 1. The van der Waals surface area contributed by atoms with Crippen LogP contribution in [0, 0.1) is 10.1 Å². The van der Waals surface area contributed by atoms with Crippen LogP contribution in [0.2, 0.25) is 0 Å². The molecule has 0 saturated heterocycles. The van der Waals surface area contributed by atoms with E-state index in [0.717, 1.165) is 23.8 Å². The Morgan fingerprint density at radius 2 is 1.82 bits per heavy atom. The highest BCUT2D eigenvalue weighted by molar-refractivity contribution is 7.98. The smallest absolute Gasteiger partial charge is 0.383 e. The molecule has 5 nitrogen and oxygen atoms in total. The molecular weight excluding hydrogens is 393 g/mol. The van der Waals surface area contributed by atoms with Crippen molar-refractivity contribution in [3.05, 3.63) is 76.0 Å². The van der Waals surface area contributed by atoms with Crippen LogP contribution >= 0.6 is 11.8 Å². The molecule has 3 rings (SSSR count). The third-order valence-electron chi connectivity index (χ3n) is 4.30. The lowest BCUT2D eigenvalue weighted by Gasteiger charge is -2.26. The van der Waals surface area contributed by atoms with Crippen LogP contribution in [0.25, 0.3) is 10.9 Å². The van der Waals surface area contributed by atoms with Crippen LogP contribution in [0.4, 0.5) is 18.9 Å². The lowest BCUT2D eigenvalue weighted by Crippen LogP contribution is -2.32. The molecule has 0 aliphatic carbocycles. The summed E-state index contributed by atoms with van der Waals surface area (Å²) in [6, 6.07) is 13.7. The second-order valence-electron chi connectivity index (χ2n) is 6.59. The predicted octanol–water partition coefficient (Wildman–Crippen LogP) is 5.17. The van der Waals surface area contributed by atoms with Crippen LogP contribution in [-0.4, -0.2) is 20.3 Å². The van der Waals surface area contributed by atoms with Gasteiger partial charge in [0.15, 0.2) is 0 Å². The fraction of sp³-hybridized carbons (Fsp3) is 0.263. The number of halogens is 3. The number of non-ortho nitro benzene ring substituents is 1. The molecule has 9 heteroatoms. The average molecular weight is 410 g/mol. The van der Waals surface area contributed by atoms with Gasteiger partial charge in [-0.05, 0) is 24.6 Å². The lowest BCUT2D eigenvalue weighted by atomic mass is 10.1. The number of nitro groups is 1. The Kier molecular flexibility index (Phi) is 5.40. The summed E-state index contributed by atoms with van der Waals surface area (Å²) in [5.41, 5.74) is -1.69. The zero-order chi connectivity index (χ0) is 20.5. The molecule has 0 amide bonds. The number of hydrogen-bond acceptors (Lipinski definition) is 4. The van der Waals surface area contributed by atoms with Crippen LogP contribution in [0.5, 0.6) is 0 Å². The molecule has 28 heavy (non-hydrogen) atoms. The number of alkyl halides is 3. The molecule has 1 heterocycles. The largest absolute Gasteiger partial charge is 0.489 e. The molecule has 1 atom stereocenters. The van der Waals surface area contributed by atoms with E-state index in [9.17, 15) is 28.4 Å². The quantitative estimate of drug-likeness (QED) is 0.450. The number of benzene rings is 2. The highest BCUT2D eigenvalue weighted by Crippen LogP contribution is 2.38. The van der Waals surface area contributed by atoms with E-state index >= 15 is 0 Å². The minimum absolute atomic E-state index is 0.0242. The first-order chi connectivity index (χ1) is 13.1. The molecular formula is C19H17F3N2O3S. The topological polar surface area (TPSA) is 68.3 Å². The summed E-state index contributed by atoms with van der Waals surface area (Å²) in [5, 5.41) is 21.8. The standard InChI is InChI=1S/C19H17F3N2O3S/c1-18(25,12-28-11-13-5-3-2-4-6-13)17-10-14-9-15(24(26)27)7-8-16(14)23(17)19(20,21)22/h2-10,25H,11-12H2,1H3. The first-order valence-electron chi connectivity index (χ1n) is 8.31. The van der Waals surface area contributed by atoms with Gasteiger partial charge in [0.25, 0.3) is 5.69 Å². The Bertz CT molecular complexity index is 1000. The van der Waals surface area contributed by atoms with Gasteiger partial charge >= 0.3 is 6.30 Å². The second-order valence-corrected chi connectivity index (χ2v) is 7.57. The summed E-state index contributed by atoms with van der Waals surface area (Å²) in [7, 11) is 0. The summed E-state index contributed by atoms with van der Waals surface area (Å²) >= 11 is 1.31. The van der Waals surface area contributed by atoms with Gasteiger partial charge in [-0.15, -0.1) is 13.2 Å². The maximum Gasteiger partial charge on any atom is 0.489 e. The van der Waals surface area contributed by atoms with Crippen molar-refractivity contribution in [1.82, 2.24) is 4.57 Å². The Balaban J connectivity index is 1.96. The van der Waals surface area contributed by atoms with Crippen molar-refractivity contribution in [2.75, 3.05) is 5.75 Å². The summed E-state index contributed by atoms with van der Waals surface area (Å²) in [5.74, 6) is 0.561. The number of rotatable bonds is 6. The maximum absolute atomic E-state index is 13.7. The van der Waals surface area contributed by atoms with Crippen LogP contribution in [0.15, 0.2) is 54.6 Å². The molecule has 2 aromatic carbocycles. The molecule has 0 spiro atoms. The highest BCUT2D eigenvalue weighted by atomic mass is 32.2. The van der Waals surface area contributed by atoms with Crippen molar-refractivity contribution in [3.63, 3.8) is 0 Å². The monoisotopic (exact) mass is 410 g/mol. The van der Waals surface area contributed by atoms with Gasteiger partial charge in [0.05, 0.1) is 16.1 Å². The number of nitrogens with zero attached hydrogens (tertiary/aromatic N) is 2. The Morgan fingerprint density at radius 1 is 1.14 bits per heavy atom. The van der Waals surface area contributed by atoms with E-state index in [1.54, 1.807) is 0 Å². The zero-order valence-electron chi connectivity index (χ0n) is 14.8. The summed E-state index contributed by atoms with van der Waals surface area (Å²) in [6.45, 7) is 1.32. The van der Waals surface area contributed by atoms with Gasteiger partial charge in [-0.3, -0.25) is 14.7 Å². The third-order valence-corrected chi connectivity index (χ3v) is 5.60. The normalized spacial score (nSPS) is 14.2. The average Bonchev–Trinajstić information content (AvgIpc) is 3.02. The Morgan fingerprint density at radius 3 is 2.43 bits per heavy atom. The predicted molar refractivity (Wildman–Crippen MR) is 102 cm³/mol. The van der Waals surface area contributed by atoms with Gasteiger partial charge in [0.1, 0.15) is 5.60 Å². The van der Waals surface area contributed by atoms with Crippen LogP contribution in [0.1, 0.15) is 18.2 Å². The van der Waals surface area contributed by atoms with Crippen LogP contribution < -0.4 is 0 Å². The van der Waals surface area contributed by atoms with Crippen molar-refractivity contribution < 1.29 is 23.2 Å². The third kappa shape index (κ3) is 4.15. The molecule has 148 valence electrons. The lowest BCUT2D eigenvalue weighted by molar-refractivity contribution is -0.384. The van der Waals surface area contributed by atoms with E-state index in [4.69, 9.17) is 0 Å². The molecule has 0 fully saturated rings. The van der Waals surface area contributed by atoms with Gasteiger partial charge < -0.3 is 5.11 Å². The van der Waals surface area contributed by atoms with Crippen molar-refractivity contribution in [2.45, 2.75) is 24.6 Å². The van der Waals surface area contributed by atoms with E-state index in [0.29, 0.717) is 5.75 Å². The molecule has 1 unspecified atom stereocenters. The number of fused-ring (bicyclic) bond motifs is 1. The molecule has 0 bridgehead atoms. The van der Waals surface area contributed by atoms with E-state index in [1.165, 1.54) is 24.8 Å². The van der Waals surface area contributed by atoms with E-state index in [-0.39, 0.29) is 32.6 Å². The van der Waals surface area contributed by atoms with Crippen molar-refractivity contribution in [3.8, 4) is 0 Å². The van der Waals surface area contributed by atoms with Crippen LogP contribution in [-0.2, 0) is 17.7 Å². The summed E-state index contributed by atoms with van der Waals surface area (Å²) < 4.78 is 41.2. The van der Waals surface area contributed by atoms with Crippen LogP contribution in [0.3, 0.4) is 0 Å². The number of thioether (sulfide) groups is 1. The van der Waals surface area contributed by atoms with Gasteiger partial charge in [0.2, 0.25) is 0 Å². The molecule has 3 aromatic rings. The molecule has 0 radical (unpaired) electrons. The maximum atomic E-state index is 13.7. The fourth-order valence-electron chi connectivity index (χ4n) is 3.00. The van der Waals surface area contributed by atoms with Gasteiger partial charge in [-0.25, -0.2) is 0 Å². The van der Waals surface area contributed by atoms with E-state index in [1.807, 2.05) is 30.3 Å². The zero-order valence-corrected chi connectivity index (χ0v) is 15.6. The van der Waals surface area contributed by atoms with Gasteiger partial charge in [0, 0.05) is 29.0 Å². The SMILES string of the molecule is CC(O)(CSCc1ccccc1)c1cc2cc([N+](=O)[O-])ccc2n1C(F)(F)F.